The van der Waals surface area contributed by atoms with Gasteiger partial charge in [-0.3, -0.25) is 4.98 Å². The van der Waals surface area contributed by atoms with Gasteiger partial charge in [0.1, 0.15) is 10.7 Å². The summed E-state index contributed by atoms with van der Waals surface area (Å²) in [7, 11) is -2.00. The molecule has 0 aliphatic rings. The molecular formula is C22H20FN3O2S. The molecule has 0 atom stereocenters. The summed E-state index contributed by atoms with van der Waals surface area (Å²) >= 11 is 0. The van der Waals surface area contributed by atoms with Crippen LogP contribution in [0.4, 0.5) is 4.39 Å². The number of hydrogen-bond donors (Lipinski definition) is 1. The van der Waals surface area contributed by atoms with Crippen LogP contribution in [-0.2, 0) is 23.0 Å². The van der Waals surface area contributed by atoms with Crippen molar-refractivity contribution < 1.29 is 12.8 Å². The SMILES string of the molecule is CNCc1cn(S(=O)(=O)c2cccnc2)c2cc(Cc3ccccc3F)ccc12. The van der Waals surface area contributed by atoms with Crippen molar-refractivity contribution in [3.63, 3.8) is 0 Å². The molecule has 2 heterocycles. The zero-order chi connectivity index (χ0) is 20.4. The molecule has 0 aliphatic heterocycles. The first kappa shape index (κ1) is 19.3. The number of nitrogens with zero attached hydrogens (tertiary/aromatic N) is 2. The van der Waals surface area contributed by atoms with Crippen LogP contribution in [0, 0.1) is 5.82 Å². The van der Waals surface area contributed by atoms with E-state index in [1.165, 1.54) is 28.5 Å². The number of pyridine rings is 1. The first-order valence-electron chi connectivity index (χ1n) is 9.17. The van der Waals surface area contributed by atoms with Crippen LogP contribution in [0.25, 0.3) is 10.9 Å². The molecule has 29 heavy (non-hydrogen) atoms. The maximum Gasteiger partial charge on any atom is 0.269 e. The van der Waals surface area contributed by atoms with Gasteiger partial charge in [-0.15, -0.1) is 0 Å². The summed E-state index contributed by atoms with van der Waals surface area (Å²) in [5.74, 6) is -0.276. The fourth-order valence-electron chi connectivity index (χ4n) is 3.43. The highest BCUT2D eigenvalue weighted by molar-refractivity contribution is 7.90. The first-order valence-corrected chi connectivity index (χ1v) is 10.6. The van der Waals surface area contributed by atoms with Crippen LogP contribution < -0.4 is 5.32 Å². The number of benzene rings is 2. The molecule has 0 bridgehead atoms. The van der Waals surface area contributed by atoms with Crippen LogP contribution in [0.15, 0.2) is 78.1 Å². The molecule has 0 amide bonds. The van der Waals surface area contributed by atoms with Gasteiger partial charge in [0.15, 0.2) is 0 Å². The van der Waals surface area contributed by atoms with Crippen LogP contribution in [0.3, 0.4) is 0 Å². The van der Waals surface area contributed by atoms with E-state index in [-0.39, 0.29) is 10.7 Å². The van der Waals surface area contributed by atoms with Gasteiger partial charge in [0.25, 0.3) is 10.0 Å². The standard InChI is InChI=1S/C22H20FN3O2S/c1-24-13-18-15-26(29(27,28)19-6-4-10-25-14-19)22-12-16(8-9-20(18)22)11-17-5-2-3-7-21(17)23/h2-10,12,14-15,24H,11,13H2,1H3. The maximum atomic E-state index is 14.1. The second-order valence-corrected chi connectivity index (χ2v) is 8.61. The van der Waals surface area contributed by atoms with E-state index in [1.807, 2.05) is 25.2 Å². The van der Waals surface area contributed by atoms with Crippen molar-refractivity contribution in [3.05, 3.63) is 95.7 Å². The lowest BCUT2D eigenvalue weighted by atomic mass is 10.0. The molecule has 4 rings (SSSR count). The lowest BCUT2D eigenvalue weighted by molar-refractivity contribution is 0.588. The van der Waals surface area contributed by atoms with Crippen molar-refractivity contribution in [3.8, 4) is 0 Å². The molecule has 2 aromatic carbocycles. The molecule has 0 saturated heterocycles. The van der Waals surface area contributed by atoms with Gasteiger partial charge in [0.2, 0.25) is 0 Å². The summed E-state index contributed by atoms with van der Waals surface area (Å²) in [4.78, 5) is 4.05. The average Bonchev–Trinajstić information content (AvgIpc) is 3.09. The van der Waals surface area contributed by atoms with Crippen molar-refractivity contribution in [1.29, 1.82) is 0 Å². The molecule has 1 N–H and O–H groups in total. The average molecular weight is 409 g/mol. The Morgan fingerprint density at radius 3 is 2.62 bits per heavy atom. The molecule has 0 unspecified atom stereocenters. The quantitative estimate of drug-likeness (QED) is 0.527. The Kier molecular flexibility index (Phi) is 5.17. The Balaban J connectivity index is 1.86. The molecule has 0 radical (unpaired) electrons. The summed E-state index contributed by atoms with van der Waals surface area (Å²) in [5.41, 5.74) is 2.83. The van der Waals surface area contributed by atoms with Gasteiger partial charge in [0.05, 0.1) is 5.52 Å². The third kappa shape index (κ3) is 3.66. The molecule has 5 nitrogen and oxygen atoms in total. The number of aromatic nitrogens is 2. The van der Waals surface area contributed by atoms with E-state index in [4.69, 9.17) is 0 Å². The molecule has 0 fully saturated rings. The number of rotatable bonds is 6. The number of halogens is 1. The number of fused-ring (bicyclic) bond motifs is 1. The van der Waals surface area contributed by atoms with E-state index in [9.17, 15) is 12.8 Å². The van der Waals surface area contributed by atoms with Gasteiger partial charge >= 0.3 is 0 Å². The Morgan fingerprint density at radius 1 is 1.07 bits per heavy atom. The second kappa shape index (κ2) is 7.77. The molecular weight excluding hydrogens is 389 g/mol. The Morgan fingerprint density at radius 2 is 1.90 bits per heavy atom. The van der Waals surface area contributed by atoms with E-state index >= 15 is 0 Å². The largest absolute Gasteiger partial charge is 0.316 e. The van der Waals surface area contributed by atoms with E-state index < -0.39 is 10.0 Å². The minimum atomic E-state index is -3.81. The molecule has 4 aromatic rings. The van der Waals surface area contributed by atoms with Crippen LogP contribution >= 0.6 is 0 Å². The number of nitrogens with one attached hydrogen (secondary N) is 1. The van der Waals surface area contributed by atoms with Gasteiger partial charge in [-0.2, -0.15) is 0 Å². The fourth-order valence-corrected chi connectivity index (χ4v) is 4.77. The van der Waals surface area contributed by atoms with Crippen LogP contribution in [0.1, 0.15) is 16.7 Å². The fraction of sp³-hybridized carbons (Fsp3) is 0.136. The molecule has 0 spiro atoms. The second-order valence-electron chi connectivity index (χ2n) is 6.79. The van der Waals surface area contributed by atoms with Gasteiger partial charge in [-0.25, -0.2) is 16.8 Å². The van der Waals surface area contributed by atoms with Gasteiger partial charge in [-0.1, -0.05) is 30.3 Å². The van der Waals surface area contributed by atoms with Gasteiger partial charge in [-0.05, 0) is 48.0 Å². The predicted octanol–water partition coefficient (Wildman–Crippen LogP) is 3.72. The van der Waals surface area contributed by atoms with Crippen LogP contribution in [-0.4, -0.2) is 24.4 Å². The summed E-state index contributed by atoms with van der Waals surface area (Å²) in [6.07, 6.45) is 4.88. The zero-order valence-corrected chi connectivity index (χ0v) is 16.7. The summed E-state index contributed by atoms with van der Waals surface area (Å²) in [6.45, 7) is 0.527. The van der Waals surface area contributed by atoms with Crippen LogP contribution in [0.5, 0.6) is 0 Å². The minimum Gasteiger partial charge on any atom is -0.316 e. The highest BCUT2D eigenvalue weighted by Gasteiger charge is 2.21. The Labute approximate surface area is 168 Å². The third-order valence-corrected chi connectivity index (χ3v) is 6.49. The monoisotopic (exact) mass is 409 g/mol. The summed E-state index contributed by atoms with van der Waals surface area (Å²) in [5, 5.41) is 3.91. The lowest BCUT2D eigenvalue weighted by Gasteiger charge is -2.09. The topological polar surface area (TPSA) is 64.0 Å². The van der Waals surface area contributed by atoms with E-state index in [0.29, 0.717) is 24.0 Å². The summed E-state index contributed by atoms with van der Waals surface area (Å²) < 4.78 is 41.8. The highest BCUT2D eigenvalue weighted by atomic mass is 32.2. The molecule has 0 saturated carbocycles. The zero-order valence-electron chi connectivity index (χ0n) is 15.8. The summed E-state index contributed by atoms with van der Waals surface area (Å²) in [6, 6.07) is 15.3. The van der Waals surface area contributed by atoms with Gasteiger partial charge < -0.3 is 5.32 Å². The van der Waals surface area contributed by atoms with Gasteiger partial charge in [0, 0.05) is 36.9 Å². The predicted molar refractivity (Wildman–Crippen MR) is 111 cm³/mol. The molecule has 148 valence electrons. The highest BCUT2D eigenvalue weighted by Crippen LogP contribution is 2.28. The van der Waals surface area contributed by atoms with E-state index in [2.05, 4.69) is 10.3 Å². The first-order chi connectivity index (χ1) is 14.0. The minimum absolute atomic E-state index is 0.118. The molecule has 0 aliphatic carbocycles. The van der Waals surface area contributed by atoms with Crippen LogP contribution in [0.2, 0.25) is 0 Å². The Hall–Kier alpha value is -3.03. The van der Waals surface area contributed by atoms with Crippen molar-refractivity contribution in [2.75, 3.05) is 7.05 Å². The van der Waals surface area contributed by atoms with E-state index in [0.717, 1.165) is 16.5 Å². The van der Waals surface area contributed by atoms with Crippen molar-refractivity contribution in [2.45, 2.75) is 17.9 Å². The van der Waals surface area contributed by atoms with E-state index in [1.54, 1.807) is 30.5 Å². The lowest BCUT2D eigenvalue weighted by Crippen LogP contribution is -2.12. The third-order valence-electron chi connectivity index (χ3n) is 4.83. The smallest absolute Gasteiger partial charge is 0.269 e. The van der Waals surface area contributed by atoms with Crippen molar-refractivity contribution in [1.82, 2.24) is 14.3 Å². The van der Waals surface area contributed by atoms with Crippen molar-refractivity contribution in [2.24, 2.45) is 0 Å². The molecule has 7 heteroatoms. The normalized spacial score (nSPS) is 11.8. The van der Waals surface area contributed by atoms with Crippen molar-refractivity contribution >= 4 is 20.9 Å². The molecule has 2 aromatic heterocycles. The maximum absolute atomic E-state index is 14.1. The number of hydrogen-bond acceptors (Lipinski definition) is 4. The Bertz CT molecular complexity index is 1270.